The predicted molar refractivity (Wildman–Crippen MR) is 114 cm³/mol. The fourth-order valence-corrected chi connectivity index (χ4v) is 3.58. The van der Waals surface area contributed by atoms with Gasteiger partial charge in [0.25, 0.3) is 5.82 Å². The Bertz CT molecular complexity index is 922. The second-order valence-corrected chi connectivity index (χ2v) is 6.24. The zero-order valence-corrected chi connectivity index (χ0v) is 16.6. The highest BCUT2D eigenvalue weighted by atomic mass is 15.2. The molecule has 0 radical (unpaired) electrons. The van der Waals surface area contributed by atoms with Gasteiger partial charge >= 0.3 is 0 Å². The van der Waals surface area contributed by atoms with Crippen LogP contribution in [0, 0.1) is 0 Å². The van der Waals surface area contributed by atoms with E-state index in [9.17, 15) is 0 Å². The molecule has 2 heteroatoms. The first-order valence-electron chi connectivity index (χ1n) is 9.52. The maximum atomic E-state index is 2.30. The lowest BCUT2D eigenvalue weighted by atomic mass is 10.0. The highest BCUT2D eigenvalue weighted by Crippen LogP contribution is 2.33. The summed E-state index contributed by atoms with van der Waals surface area (Å²) in [5.74, 6) is 1.19. The average molecular weight is 356 g/mol. The SMILES string of the molecule is CC.Cn1c(-c2ccccc2)c(-c2ccccc2)[n+](C)c1-c1ccccc1. The zero-order valence-electron chi connectivity index (χ0n) is 16.6. The Morgan fingerprint density at radius 3 is 1.48 bits per heavy atom. The molecule has 0 spiro atoms. The van der Waals surface area contributed by atoms with Gasteiger partial charge in [0.1, 0.15) is 0 Å². The summed E-state index contributed by atoms with van der Waals surface area (Å²) in [5.41, 5.74) is 6.12. The Labute approximate surface area is 162 Å². The summed E-state index contributed by atoms with van der Waals surface area (Å²) in [6, 6.07) is 31.8. The molecule has 0 fully saturated rings. The van der Waals surface area contributed by atoms with Gasteiger partial charge in [-0.25, -0.2) is 9.13 Å². The third-order valence-corrected chi connectivity index (χ3v) is 4.66. The molecule has 0 aliphatic heterocycles. The Kier molecular flexibility index (Phi) is 5.87. The molecule has 0 amide bonds. The third kappa shape index (κ3) is 3.56. The number of rotatable bonds is 3. The molecule has 4 rings (SSSR count). The summed E-state index contributed by atoms with van der Waals surface area (Å²) < 4.78 is 4.60. The van der Waals surface area contributed by atoms with Gasteiger partial charge in [0.05, 0.1) is 19.7 Å². The molecule has 0 N–H and O–H groups in total. The van der Waals surface area contributed by atoms with Crippen molar-refractivity contribution in [1.82, 2.24) is 4.57 Å². The van der Waals surface area contributed by atoms with Gasteiger partial charge in [-0.1, -0.05) is 92.7 Å². The standard InChI is InChI=1S/C23H21N2.C2H6/c1-24-21(18-12-6-3-7-13-18)22(19-14-8-4-9-15-19)25(2)23(24)20-16-10-5-11-17-20;1-2/h3-17H,1-2H3;1-2H3/q+1;. The van der Waals surface area contributed by atoms with Crippen molar-refractivity contribution >= 4 is 0 Å². The van der Waals surface area contributed by atoms with Gasteiger partial charge < -0.3 is 0 Å². The highest BCUT2D eigenvalue weighted by Gasteiger charge is 2.29. The molecule has 0 unspecified atom stereocenters. The van der Waals surface area contributed by atoms with Gasteiger partial charge in [-0.3, -0.25) is 0 Å². The van der Waals surface area contributed by atoms with Crippen LogP contribution in [-0.4, -0.2) is 4.57 Å². The number of nitrogens with zero attached hydrogens (tertiary/aromatic N) is 2. The Morgan fingerprint density at radius 2 is 1.00 bits per heavy atom. The first-order chi connectivity index (χ1) is 13.3. The van der Waals surface area contributed by atoms with E-state index < -0.39 is 0 Å². The van der Waals surface area contributed by atoms with Crippen LogP contribution in [0.25, 0.3) is 33.9 Å². The van der Waals surface area contributed by atoms with Crippen LogP contribution >= 0.6 is 0 Å². The first kappa shape index (κ1) is 18.7. The van der Waals surface area contributed by atoms with Crippen LogP contribution in [-0.2, 0) is 14.1 Å². The van der Waals surface area contributed by atoms with E-state index in [1.165, 1.54) is 33.9 Å². The lowest BCUT2D eigenvalue weighted by molar-refractivity contribution is -0.648. The van der Waals surface area contributed by atoms with E-state index in [1.54, 1.807) is 0 Å². The minimum absolute atomic E-state index is 1.19. The summed E-state index contributed by atoms with van der Waals surface area (Å²) in [4.78, 5) is 0. The normalized spacial score (nSPS) is 10.2. The van der Waals surface area contributed by atoms with Crippen molar-refractivity contribution in [1.29, 1.82) is 0 Å². The van der Waals surface area contributed by atoms with Crippen molar-refractivity contribution in [2.45, 2.75) is 13.8 Å². The molecule has 4 aromatic rings. The largest absolute Gasteiger partial charge is 0.289 e. The number of benzene rings is 3. The van der Waals surface area contributed by atoms with Crippen molar-refractivity contribution in [3.8, 4) is 33.9 Å². The minimum atomic E-state index is 1.19. The fraction of sp³-hybridized carbons (Fsp3) is 0.160. The molecule has 0 aliphatic carbocycles. The van der Waals surface area contributed by atoms with Gasteiger partial charge in [0.2, 0.25) is 0 Å². The summed E-state index contributed by atoms with van der Waals surface area (Å²) in [5, 5.41) is 0. The smallest absolute Gasteiger partial charge is 0.225 e. The van der Waals surface area contributed by atoms with E-state index in [1.807, 2.05) is 13.8 Å². The molecule has 1 heterocycles. The van der Waals surface area contributed by atoms with Crippen molar-refractivity contribution < 1.29 is 4.57 Å². The van der Waals surface area contributed by atoms with Crippen LogP contribution in [0.4, 0.5) is 0 Å². The number of hydrogen-bond donors (Lipinski definition) is 0. The molecule has 3 aromatic carbocycles. The number of hydrogen-bond acceptors (Lipinski definition) is 0. The molecular weight excluding hydrogens is 328 g/mol. The van der Waals surface area contributed by atoms with Crippen LogP contribution in [0.5, 0.6) is 0 Å². The molecular formula is C25H27N2+. The Hall–Kier alpha value is -3.13. The van der Waals surface area contributed by atoms with Crippen molar-refractivity contribution in [3.05, 3.63) is 91.0 Å². The van der Waals surface area contributed by atoms with Crippen LogP contribution in [0.15, 0.2) is 91.0 Å². The van der Waals surface area contributed by atoms with Crippen LogP contribution in [0.3, 0.4) is 0 Å². The fourth-order valence-electron chi connectivity index (χ4n) is 3.58. The molecule has 0 aliphatic rings. The first-order valence-corrected chi connectivity index (χ1v) is 9.52. The molecule has 0 atom stereocenters. The van der Waals surface area contributed by atoms with Crippen molar-refractivity contribution in [2.75, 3.05) is 0 Å². The van der Waals surface area contributed by atoms with E-state index in [-0.39, 0.29) is 0 Å². The van der Waals surface area contributed by atoms with Crippen LogP contribution in [0.1, 0.15) is 13.8 Å². The van der Waals surface area contributed by atoms with Crippen LogP contribution < -0.4 is 4.57 Å². The molecule has 136 valence electrons. The number of aromatic nitrogens is 2. The van der Waals surface area contributed by atoms with Crippen molar-refractivity contribution in [2.24, 2.45) is 14.1 Å². The van der Waals surface area contributed by atoms with Gasteiger partial charge in [0.15, 0.2) is 11.4 Å². The van der Waals surface area contributed by atoms with Gasteiger partial charge in [-0.15, -0.1) is 0 Å². The average Bonchev–Trinajstić information content (AvgIpc) is 3.01. The predicted octanol–water partition coefficient (Wildman–Crippen LogP) is 5.88. The lowest BCUT2D eigenvalue weighted by Gasteiger charge is -2.02. The second kappa shape index (κ2) is 8.50. The van der Waals surface area contributed by atoms with E-state index in [0.717, 1.165) is 0 Å². The molecule has 0 saturated carbocycles. The summed E-state index contributed by atoms with van der Waals surface area (Å²) >= 11 is 0. The quantitative estimate of drug-likeness (QED) is 0.406. The maximum absolute atomic E-state index is 2.30. The van der Waals surface area contributed by atoms with Crippen LogP contribution in [0.2, 0.25) is 0 Å². The lowest BCUT2D eigenvalue weighted by Crippen LogP contribution is -2.31. The van der Waals surface area contributed by atoms with Gasteiger partial charge in [-0.2, -0.15) is 0 Å². The number of imidazole rings is 1. The third-order valence-electron chi connectivity index (χ3n) is 4.66. The molecule has 1 aromatic heterocycles. The van der Waals surface area contributed by atoms with E-state index in [4.69, 9.17) is 0 Å². The molecule has 27 heavy (non-hydrogen) atoms. The minimum Gasteiger partial charge on any atom is -0.225 e. The maximum Gasteiger partial charge on any atom is 0.289 e. The van der Waals surface area contributed by atoms with E-state index in [2.05, 4.69) is 114 Å². The van der Waals surface area contributed by atoms with Gasteiger partial charge in [0, 0.05) is 11.1 Å². The zero-order chi connectivity index (χ0) is 19.2. The molecule has 0 saturated heterocycles. The summed E-state index contributed by atoms with van der Waals surface area (Å²) in [6.07, 6.45) is 0. The van der Waals surface area contributed by atoms with E-state index in [0.29, 0.717) is 0 Å². The summed E-state index contributed by atoms with van der Waals surface area (Å²) in [7, 11) is 4.30. The Morgan fingerprint density at radius 1 is 0.593 bits per heavy atom. The molecule has 2 nitrogen and oxygen atoms in total. The van der Waals surface area contributed by atoms with Crippen molar-refractivity contribution in [3.63, 3.8) is 0 Å². The second-order valence-electron chi connectivity index (χ2n) is 6.24. The van der Waals surface area contributed by atoms with E-state index >= 15 is 0 Å². The molecule has 0 bridgehead atoms. The van der Waals surface area contributed by atoms with Gasteiger partial charge in [-0.05, 0) is 12.1 Å². The summed E-state index contributed by atoms with van der Waals surface area (Å²) in [6.45, 7) is 4.00. The monoisotopic (exact) mass is 355 g/mol. The topological polar surface area (TPSA) is 8.81 Å². The highest BCUT2D eigenvalue weighted by molar-refractivity contribution is 5.78. The Balaban J connectivity index is 0.00000102.